The average molecular weight is 342 g/mol. The Morgan fingerprint density at radius 3 is 2.65 bits per heavy atom. The van der Waals surface area contributed by atoms with Gasteiger partial charge in [-0.15, -0.1) is 0 Å². The highest BCUT2D eigenvalue weighted by atomic mass is 35.5. The molecule has 2 aliphatic rings. The molecule has 0 saturated heterocycles. The fraction of sp³-hybridized carbons (Fsp3) is 0.467. The number of nitrogens with two attached hydrogens (primary N) is 1. The fourth-order valence-corrected chi connectivity index (χ4v) is 3.55. The first-order valence-corrected chi connectivity index (χ1v) is 7.75. The van der Waals surface area contributed by atoms with Crippen molar-refractivity contribution in [2.75, 3.05) is 6.61 Å². The topological polar surface area (TPSA) is 93.5 Å². The molecule has 6 nitrogen and oxygen atoms in total. The van der Waals surface area contributed by atoms with Crippen molar-refractivity contribution in [2.24, 2.45) is 23.6 Å². The van der Waals surface area contributed by atoms with E-state index in [0.717, 1.165) is 18.9 Å². The second-order valence-corrected chi connectivity index (χ2v) is 6.37. The number of carbonyl (C=O) groups excluding carboxylic acids is 2. The summed E-state index contributed by atoms with van der Waals surface area (Å²) in [7, 11) is 0. The molecule has 0 aliphatic heterocycles. The van der Waals surface area contributed by atoms with Gasteiger partial charge in [0.05, 0.1) is 5.02 Å². The molecule has 4 atom stereocenters. The molecular weight excluding hydrogens is 325 g/mol. The lowest BCUT2D eigenvalue weighted by atomic mass is 10.1. The molecule has 2 aliphatic carbocycles. The van der Waals surface area contributed by atoms with Gasteiger partial charge in [0.15, 0.2) is 6.61 Å². The SMILES string of the molecule is NNC(=O)[C@H]1[C@@H]2CC(NC(=O)COc3ccc(Cl)c(F)c3)C[C@@H]21. The molecule has 0 aromatic heterocycles. The van der Waals surface area contributed by atoms with Gasteiger partial charge in [-0.1, -0.05) is 11.6 Å². The van der Waals surface area contributed by atoms with Gasteiger partial charge in [-0.25, -0.2) is 10.2 Å². The van der Waals surface area contributed by atoms with E-state index in [9.17, 15) is 14.0 Å². The highest BCUT2D eigenvalue weighted by Crippen LogP contribution is 2.57. The first-order valence-electron chi connectivity index (χ1n) is 7.37. The van der Waals surface area contributed by atoms with Crippen molar-refractivity contribution in [3.8, 4) is 5.75 Å². The van der Waals surface area contributed by atoms with Gasteiger partial charge in [0.2, 0.25) is 5.91 Å². The Kier molecular flexibility index (Phi) is 4.41. The van der Waals surface area contributed by atoms with Crippen LogP contribution in [0.3, 0.4) is 0 Å². The maximum absolute atomic E-state index is 13.3. The Morgan fingerprint density at radius 2 is 2.04 bits per heavy atom. The van der Waals surface area contributed by atoms with Gasteiger partial charge in [0, 0.05) is 18.0 Å². The maximum Gasteiger partial charge on any atom is 0.258 e. The zero-order chi connectivity index (χ0) is 16.6. The quantitative estimate of drug-likeness (QED) is 0.423. The van der Waals surface area contributed by atoms with Crippen LogP contribution in [0.15, 0.2) is 18.2 Å². The van der Waals surface area contributed by atoms with Gasteiger partial charge in [-0.2, -0.15) is 0 Å². The molecule has 0 bridgehead atoms. The van der Waals surface area contributed by atoms with Crippen LogP contribution in [0.2, 0.25) is 5.02 Å². The van der Waals surface area contributed by atoms with Crippen LogP contribution in [0.1, 0.15) is 12.8 Å². The number of nitrogens with one attached hydrogen (secondary N) is 2. The van der Waals surface area contributed by atoms with Crippen molar-refractivity contribution in [3.05, 3.63) is 29.0 Å². The summed E-state index contributed by atoms with van der Waals surface area (Å²) in [5, 5.41) is 2.87. The molecule has 124 valence electrons. The van der Waals surface area contributed by atoms with Gasteiger partial charge in [-0.05, 0) is 36.8 Å². The summed E-state index contributed by atoms with van der Waals surface area (Å²) in [5.41, 5.74) is 2.17. The van der Waals surface area contributed by atoms with E-state index in [4.69, 9.17) is 22.2 Å². The molecule has 2 saturated carbocycles. The second kappa shape index (κ2) is 6.33. The molecular formula is C15H17ClFN3O3. The van der Waals surface area contributed by atoms with Crippen molar-refractivity contribution >= 4 is 23.4 Å². The largest absolute Gasteiger partial charge is 0.484 e. The summed E-state index contributed by atoms with van der Waals surface area (Å²) in [5.74, 6) is 4.97. The van der Waals surface area contributed by atoms with Crippen LogP contribution in [-0.4, -0.2) is 24.5 Å². The molecule has 1 unspecified atom stereocenters. The van der Waals surface area contributed by atoms with Crippen LogP contribution < -0.4 is 21.3 Å². The number of carbonyl (C=O) groups is 2. The van der Waals surface area contributed by atoms with Gasteiger partial charge >= 0.3 is 0 Å². The number of hydrazine groups is 1. The van der Waals surface area contributed by atoms with Crippen molar-refractivity contribution in [1.82, 2.24) is 10.7 Å². The average Bonchev–Trinajstić information content (AvgIpc) is 3.03. The zero-order valence-corrected chi connectivity index (χ0v) is 13.0. The third-order valence-corrected chi connectivity index (χ3v) is 4.82. The number of amides is 2. The monoisotopic (exact) mass is 341 g/mol. The van der Waals surface area contributed by atoms with Gasteiger partial charge < -0.3 is 10.1 Å². The highest BCUT2D eigenvalue weighted by molar-refractivity contribution is 6.30. The summed E-state index contributed by atoms with van der Waals surface area (Å²) in [6.07, 6.45) is 1.54. The summed E-state index contributed by atoms with van der Waals surface area (Å²) >= 11 is 5.57. The number of halogens is 2. The Labute approximate surface area is 137 Å². The first-order chi connectivity index (χ1) is 11.0. The number of rotatable bonds is 5. The minimum Gasteiger partial charge on any atom is -0.484 e. The van der Waals surface area contributed by atoms with Crippen molar-refractivity contribution < 1.29 is 18.7 Å². The van der Waals surface area contributed by atoms with Crippen LogP contribution in [-0.2, 0) is 9.59 Å². The number of hydrogen-bond acceptors (Lipinski definition) is 4. The summed E-state index contributed by atoms with van der Waals surface area (Å²) < 4.78 is 18.5. The Bertz CT molecular complexity index is 630. The standard InChI is InChI=1S/C15H17ClFN3O3/c16-11-2-1-8(5-12(11)17)23-6-13(21)19-7-3-9-10(4-7)14(9)15(22)20-18/h1-2,5,7,9-10,14H,3-4,6,18H2,(H,19,21)(H,20,22)/t7?,9-,10+,14+. The molecule has 0 heterocycles. The Morgan fingerprint density at radius 1 is 1.35 bits per heavy atom. The molecule has 23 heavy (non-hydrogen) atoms. The first kappa shape index (κ1) is 16.0. The molecule has 4 N–H and O–H groups in total. The second-order valence-electron chi connectivity index (χ2n) is 5.96. The molecule has 0 spiro atoms. The molecule has 1 aromatic carbocycles. The van der Waals surface area contributed by atoms with E-state index in [1.165, 1.54) is 12.1 Å². The van der Waals surface area contributed by atoms with E-state index < -0.39 is 5.82 Å². The minimum atomic E-state index is -0.593. The Balaban J connectivity index is 1.41. The summed E-state index contributed by atoms with van der Waals surface area (Å²) in [6.45, 7) is -0.195. The summed E-state index contributed by atoms with van der Waals surface area (Å²) in [4.78, 5) is 23.3. The van der Waals surface area contributed by atoms with E-state index >= 15 is 0 Å². The van der Waals surface area contributed by atoms with Crippen molar-refractivity contribution in [2.45, 2.75) is 18.9 Å². The molecule has 3 rings (SSSR count). The number of ether oxygens (including phenoxy) is 1. The summed E-state index contributed by atoms with van der Waals surface area (Å²) in [6, 6.07) is 4.05. The fourth-order valence-electron chi connectivity index (χ4n) is 3.43. The lowest BCUT2D eigenvalue weighted by molar-refractivity contribution is -0.123. The van der Waals surface area contributed by atoms with E-state index in [1.807, 2.05) is 0 Å². The normalized spacial score (nSPS) is 28.0. The molecule has 2 fully saturated rings. The molecule has 1 aromatic rings. The van der Waals surface area contributed by atoms with E-state index in [1.54, 1.807) is 0 Å². The lowest BCUT2D eigenvalue weighted by Gasteiger charge is -2.16. The zero-order valence-electron chi connectivity index (χ0n) is 12.2. The third kappa shape index (κ3) is 3.40. The molecule has 0 radical (unpaired) electrons. The van der Waals surface area contributed by atoms with Crippen LogP contribution in [0.25, 0.3) is 0 Å². The number of fused-ring (bicyclic) bond motifs is 1. The van der Waals surface area contributed by atoms with E-state index in [0.29, 0.717) is 11.8 Å². The maximum atomic E-state index is 13.3. The lowest BCUT2D eigenvalue weighted by Crippen LogP contribution is -2.39. The van der Waals surface area contributed by atoms with Crippen molar-refractivity contribution in [3.63, 3.8) is 0 Å². The van der Waals surface area contributed by atoms with Crippen LogP contribution in [0.4, 0.5) is 4.39 Å². The smallest absolute Gasteiger partial charge is 0.258 e. The van der Waals surface area contributed by atoms with Crippen LogP contribution in [0, 0.1) is 23.6 Å². The molecule has 2 amide bonds. The predicted octanol–water partition coefficient (Wildman–Crippen LogP) is 0.989. The van der Waals surface area contributed by atoms with Crippen LogP contribution in [0.5, 0.6) is 5.75 Å². The van der Waals surface area contributed by atoms with Gasteiger partial charge in [-0.3, -0.25) is 15.0 Å². The minimum absolute atomic E-state index is 0.00283. The molecule has 8 heteroatoms. The Hall–Kier alpha value is -1.86. The highest BCUT2D eigenvalue weighted by Gasteiger charge is 2.59. The predicted molar refractivity (Wildman–Crippen MR) is 80.9 cm³/mol. The van der Waals surface area contributed by atoms with Gasteiger partial charge in [0.25, 0.3) is 5.91 Å². The number of hydrogen-bond donors (Lipinski definition) is 3. The third-order valence-electron chi connectivity index (χ3n) is 4.52. The van der Waals surface area contributed by atoms with Gasteiger partial charge in [0.1, 0.15) is 11.6 Å². The van der Waals surface area contributed by atoms with E-state index in [2.05, 4.69) is 10.7 Å². The van der Waals surface area contributed by atoms with Crippen molar-refractivity contribution in [1.29, 1.82) is 0 Å². The number of benzene rings is 1. The van der Waals surface area contributed by atoms with E-state index in [-0.39, 0.29) is 41.2 Å². The van der Waals surface area contributed by atoms with Crippen LogP contribution >= 0.6 is 11.6 Å².